The molecule has 0 aliphatic heterocycles. The Kier molecular flexibility index (Phi) is 6.19. The molecule has 0 saturated carbocycles. The molecule has 4 rings (SSSR count). The van der Waals surface area contributed by atoms with Gasteiger partial charge in [0.15, 0.2) is 0 Å². The van der Waals surface area contributed by atoms with Crippen LogP contribution in [0.1, 0.15) is 53.6 Å². The van der Waals surface area contributed by atoms with Gasteiger partial charge in [-0.3, -0.25) is 0 Å². The molecule has 1 aliphatic rings. The second-order valence-electron chi connectivity index (χ2n) is 7.70. The van der Waals surface area contributed by atoms with Crippen molar-refractivity contribution in [3.63, 3.8) is 0 Å². The van der Waals surface area contributed by atoms with E-state index in [4.69, 9.17) is 9.47 Å². The van der Waals surface area contributed by atoms with Crippen LogP contribution in [-0.2, 0) is 25.7 Å². The highest BCUT2D eigenvalue weighted by atomic mass is 16.5. The summed E-state index contributed by atoms with van der Waals surface area (Å²) in [4.78, 5) is 0. The van der Waals surface area contributed by atoms with Crippen molar-refractivity contribution in [3.05, 3.63) is 94.0 Å². The minimum absolute atomic E-state index is 0.711. The van der Waals surface area contributed by atoms with Crippen molar-refractivity contribution in [3.8, 4) is 11.5 Å². The Labute approximate surface area is 174 Å². The van der Waals surface area contributed by atoms with Crippen LogP contribution in [0.5, 0.6) is 11.5 Å². The third-order valence-electron chi connectivity index (χ3n) is 5.74. The molecule has 1 aliphatic carbocycles. The highest BCUT2D eigenvalue weighted by Crippen LogP contribution is 2.32. The molecule has 29 heavy (non-hydrogen) atoms. The Hall–Kier alpha value is -2.74. The predicted octanol–water partition coefficient (Wildman–Crippen LogP) is 6.15. The van der Waals surface area contributed by atoms with Crippen molar-refractivity contribution in [1.82, 2.24) is 0 Å². The van der Waals surface area contributed by atoms with Crippen LogP contribution in [0.4, 0.5) is 0 Å². The van der Waals surface area contributed by atoms with E-state index in [-0.39, 0.29) is 0 Å². The highest BCUT2D eigenvalue weighted by Gasteiger charge is 2.18. The lowest BCUT2D eigenvalue weighted by Crippen LogP contribution is -2.01. The van der Waals surface area contributed by atoms with Crippen molar-refractivity contribution in [2.75, 3.05) is 13.2 Å². The van der Waals surface area contributed by atoms with Gasteiger partial charge in [0.05, 0.1) is 13.2 Å². The summed E-state index contributed by atoms with van der Waals surface area (Å²) < 4.78 is 11.1. The Morgan fingerprint density at radius 1 is 0.586 bits per heavy atom. The minimum atomic E-state index is 0.711. The van der Waals surface area contributed by atoms with E-state index >= 15 is 0 Å². The zero-order valence-corrected chi connectivity index (χ0v) is 17.5. The Balaban J connectivity index is 1.52. The van der Waals surface area contributed by atoms with E-state index in [2.05, 4.69) is 60.7 Å². The van der Waals surface area contributed by atoms with E-state index in [0.29, 0.717) is 13.2 Å². The van der Waals surface area contributed by atoms with E-state index < -0.39 is 0 Å². The molecule has 0 heterocycles. The molecular weight excluding hydrogens is 356 g/mol. The summed E-state index contributed by atoms with van der Waals surface area (Å²) in [6.45, 7) is 5.46. The van der Waals surface area contributed by atoms with Crippen LogP contribution in [0, 0.1) is 0 Å². The zero-order valence-electron chi connectivity index (χ0n) is 17.5. The highest BCUT2D eigenvalue weighted by molar-refractivity contribution is 5.48. The fourth-order valence-corrected chi connectivity index (χ4v) is 4.37. The van der Waals surface area contributed by atoms with Gasteiger partial charge in [-0.15, -0.1) is 0 Å². The second-order valence-corrected chi connectivity index (χ2v) is 7.70. The zero-order chi connectivity index (χ0) is 20.1. The molecule has 150 valence electrons. The summed E-state index contributed by atoms with van der Waals surface area (Å²) in [6.07, 6.45) is 5.68. The van der Waals surface area contributed by atoms with E-state index in [1.54, 1.807) is 11.1 Å². The first-order valence-corrected chi connectivity index (χ1v) is 10.8. The van der Waals surface area contributed by atoms with Crippen LogP contribution in [-0.4, -0.2) is 13.2 Å². The molecule has 3 aromatic carbocycles. The Bertz CT molecular complexity index is 861. The van der Waals surface area contributed by atoms with Crippen molar-refractivity contribution >= 4 is 0 Å². The lowest BCUT2D eigenvalue weighted by Gasteiger charge is -2.14. The summed E-state index contributed by atoms with van der Waals surface area (Å²) in [5.74, 6) is 1.90. The third-order valence-corrected chi connectivity index (χ3v) is 5.74. The summed E-state index contributed by atoms with van der Waals surface area (Å²) in [5.41, 5.74) is 8.84. The fraction of sp³-hybridized carbons (Fsp3) is 0.333. The van der Waals surface area contributed by atoms with Crippen molar-refractivity contribution in [1.29, 1.82) is 0 Å². The van der Waals surface area contributed by atoms with Gasteiger partial charge in [-0.2, -0.15) is 0 Å². The molecule has 0 N–H and O–H groups in total. The van der Waals surface area contributed by atoms with Crippen LogP contribution >= 0.6 is 0 Å². The van der Waals surface area contributed by atoms with E-state index in [1.165, 1.54) is 41.5 Å². The van der Waals surface area contributed by atoms with Crippen molar-refractivity contribution < 1.29 is 9.47 Å². The lowest BCUT2D eigenvalue weighted by molar-refractivity contribution is 0.340. The van der Waals surface area contributed by atoms with Crippen LogP contribution in [0.15, 0.2) is 60.7 Å². The average molecular weight is 387 g/mol. The smallest absolute Gasteiger partial charge is 0.119 e. The monoisotopic (exact) mass is 386 g/mol. The molecule has 0 spiro atoms. The van der Waals surface area contributed by atoms with Gasteiger partial charge in [-0.25, -0.2) is 0 Å². The molecule has 0 amide bonds. The molecule has 0 atom stereocenters. The second kappa shape index (κ2) is 9.17. The lowest BCUT2D eigenvalue weighted by atomic mass is 9.91. The first kappa shape index (κ1) is 19.6. The largest absolute Gasteiger partial charge is 0.494 e. The van der Waals surface area contributed by atoms with E-state index in [0.717, 1.165) is 24.3 Å². The number of fused-ring (bicyclic) bond motifs is 1. The quantitative estimate of drug-likeness (QED) is 0.462. The molecule has 0 saturated heterocycles. The maximum atomic E-state index is 5.57. The molecule has 0 radical (unpaired) electrons. The van der Waals surface area contributed by atoms with Gasteiger partial charge in [0.25, 0.3) is 0 Å². The Morgan fingerprint density at radius 2 is 1.00 bits per heavy atom. The van der Waals surface area contributed by atoms with Gasteiger partial charge >= 0.3 is 0 Å². The van der Waals surface area contributed by atoms with Gasteiger partial charge in [0.1, 0.15) is 11.5 Å². The fourth-order valence-electron chi connectivity index (χ4n) is 4.37. The van der Waals surface area contributed by atoms with Crippen molar-refractivity contribution in [2.45, 2.75) is 46.0 Å². The molecule has 0 aromatic heterocycles. The van der Waals surface area contributed by atoms with Crippen molar-refractivity contribution in [2.24, 2.45) is 0 Å². The summed E-state index contributed by atoms with van der Waals surface area (Å²) in [5, 5.41) is 0. The van der Waals surface area contributed by atoms with Gasteiger partial charge < -0.3 is 9.47 Å². The maximum absolute atomic E-state index is 5.57. The van der Waals surface area contributed by atoms with Crippen LogP contribution in [0.25, 0.3) is 0 Å². The standard InChI is InChI=1S/C27H30O2/c1-3-28-24-14-8-20(9-15-24)18-22-12-13-23(27-7-5-6-26(22)27)19-21-10-16-25(17-11-21)29-4-2/h8-17H,3-7,18-19H2,1-2H3. The summed E-state index contributed by atoms with van der Waals surface area (Å²) in [6, 6.07) is 21.8. The predicted molar refractivity (Wildman–Crippen MR) is 119 cm³/mol. The average Bonchev–Trinajstić information content (AvgIpc) is 3.24. The molecule has 0 bridgehead atoms. The number of benzene rings is 3. The van der Waals surface area contributed by atoms with E-state index in [1.807, 2.05) is 13.8 Å². The summed E-state index contributed by atoms with van der Waals surface area (Å²) >= 11 is 0. The SMILES string of the molecule is CCOc1ccc(Cc2ccc(Cc3ccc(OCC)cc3)c3c2CCC3)cc1. The van der Waals surface area contributed by atoms with Gasteiger partial charge in [0.2, 0.25) is 0 Å². The van der Waals surface area contributed by atoms with Gasteiger partial charge in [-0.1, -0.05) is 36.4 Å². The first-order valence-electron chi connectivity index (χ1n) is 10.8. The minimum Gasteiger partial charge on any atom is -0.494 e. The molecule has 2 heteroatoms. The normalized spacial score (nSPS) is 12.6. The van der Waals surface area contributed by atoms with Gasteiger partial charge in [0, 0.05) is 0 Å². The Morgan fingerprint density at radius 3 is 1.38 bits per heavy atom. The third kappa shape index (κ3) is 4.64. The molecular formula is C27H30O2. The number of ether oxygens (including phenoxy) is 2. The van der Waals surface area contributed by atoms with Crippen LogP contribution in [0.3, 0.4) is 0 Å². The van der Waals surface area contributed by atoms with Gasteiger partial charge in [-0.05, 0) is 104 Å². The van der Waals surface area contributed by atoms with E-state index in [9.17, 15) is 0 Å². The van der Waals surface area contributed by atoms with Crippen LogP contribution < -0.4 is 9.47 Å². The molecule has 2 nitrogen and oxygen atoms in total. The maximum Gasteiger partial charge on any atom is 0.119 e. The summed E-state index contributed by atoms with van der Waals surface area (Å²) in [7, 11) is 0. The number of hydrogen-bond donors (Lipinski definition) is 0. The van der Waals surface area contributed by atoms with Crippen LogP contribution in [0.2, 0.25) is 0 Å². The number of rotatable bonds is 8. The topological polar surface area (TPSA) is 18.5 Å². The molecule has 0 fully saturated rings. The molecule has 0 unspecified atom stereocenters. The molecule has 3 aromatic rings. The number of hydrogen-bond acceptors (Lipinski definition) is 2. The first-order chi connectivity index (χ1) is 14.3.